The average molecular weight is 341 g/mol. The third-order valence-electron chi connectivity index (χ3n) is 3.77. The first-order valence-electron chi connectivity index (χ1n) is 7.66. The number of halogens is 4. The molecule has 0 fully saturated rings. The van der Waals surface area contributed by atoms with E-state index in [4.69, 9.17) is 5.11 Å². The van der Waals surface area contributed by atoms with Crippen LogP contribution in [-0.2, 0) is 12.7 Å². The number of alkyl halides is 3. The third kappa shape index (κ3) is 5.04. The van der Waals surface area contributed by atoms with Gasteiger partial charge in [0, 0.05) is 19.2 Å². The molecule has 0 aromatic heterocycles. The molecule has 0 spiro atoms. The minimum Gasteiger partial charge on any atom is -0.396 e. The molecule has 0 aliphatic rings. The van der Waals surface area contributed by atoms with Crippen LogP contribution in [0.4, 0.5) is 17.6 Å². The van der Waals surface area contributed by atoms with E-state index >= 15 is 0 Å². The Bertz CT molecular complexity index is 643. The molecule has 0 saturated heterocycles. The van der Waals surface area contributed by atoms with Crippen LogP contribution in [0.2, 0.25) is 0 Å². The van der Waals surface area contributed by atoms with E-state index < -0.39 is 17.6 Å². The molecule has 24 heavy (non-hydrogen) atoms. The summed E-state index contributed by atoms with van der Waals surface area (Å²) in [6.07, 6.45) is -3.49. The van der Waals surface area contributed by atoms with E-state index in [2.05, 4.69) is 5.32 Å². The predicted octanol–water partition coefficient (Wildman–Crippen LogP) is 4.45. The van der Waals surface area contributed by atoms with Crippen LogP contribution in [-0.4, -0.2) is 11.7 Å². The number of aliphatic hydroxyl groups is 1. The molecule has 130 valence electrons. The Morgan fingerprint density at radius 2 is 1.75 bits per heavy atom. The highest BCUT2D eigenvalue weighted by Gasteiger charge is 2.33. The molecule has 1 atom stereocenters. The van der Waals surface area contributed by atoms with E-state index in [0.29, 0.717) is 18.9 Å². The van der Waals surface area contributed by atoms with Crippen LogP contribution in [0.1, 0.15) is 35.6 Å². The Morgan fingerprint density at radius 1 is 1.04 bits per heavy atom. The standard InChI is InChI=1S/C18H19F4NO/c19-15-9-8-14(16(11-15)18(20,21)22)12-23-17(7-4-10-24)13-5-2-1-3-6-13/h1-3,5-6,8-9,11,17,23-24H,4,7,10,12H2. The molecule has 2 aromatic carbocycles. The van der Waals surface area contributed by atoms with Gasteiger partial charge >= 0.3 is 6.18 Å². The second-order valence-corrected chi connectivity index (χ2v) is 5.51. The summed E-state index contributed by atoms with van der Waals surface area (Å²) in [6, 6.07) is 11.8. The summed E-state index contributed by atoms with van der Waals surface area (Å²) in [5.74, 6) is -0.911. The minimum atomic E-state index is -4.60. The number of hydrogen-bond acceptors (Lipinski definition) is 2. The van der Waals surface area contributed by atoms with Crippen LogP contribution in [0.5, 0.6) is 0 Å². The lowest BCUT2D eigenvalue weighted by Crippen LogP contribution is -2.23. The fourth-order valence-corrected chi connectivity index (χ4v) is 2.57. The van der Waals surface area contributed by atoms with Crippen molar-refractivity contribution < 1.29 is 22.7 Å². The van der Waals surface area contributed by atoms with Crippen LogP contribution < -0.4 is 5.32 Å². The maximum Gasteiger partial charge on any atom is 0.416 e. The summed E-state index contributed by atoms with van der Waals surface area (Å²) >= 11 is 0. The zero-order valence-corrected chi connectivity index (χ0v) is 13.0. The second-order valence-electron chi connectivity index (χ2n) is 5.51. The normalized spacial score (nSPS) is 13.0. The molecule has 0 radical (unpaired) electrons. The molecule has 2 rings (SSSR count). The van der Waals surface area contributed by atoms with Crippen LogP contribution >= 0.6 is 0 Å². The highest BCUT2D eigenvalue weighted by Crippen LogP contribution is 2.33. The van der Waals surface area contributed by atoms with E-state index in [1.165, 1.54) is 0 Å². The fraction of sp³-hybridized carbons (Fsp3) is 0.333. The van der Waals surface area contributed by atoms with E-state index in [0.717, 1.165) is 17.7 Å². The Morgan fingerprint density at radius 3 is 2.38 bits per heavy atom. The number of nitrogens with one attached hydrogen (secondary N) is 1. The molecule has 2 N–H and O–H groups in total. The van der Waals surface area contributed by atoms with Crippen LogP contribution in [0.15, 0.2) is 48.5 Å². The van der Waals surface area contributed by atoms with Gasteiger partial charge in [0.1, 0.15) is 5.82 Å². The Hall–Kier alpha value is -1.92. The molecule has 0 aliphatic heterocycles. The summed E-state index contributed by atoms with van der Waals surface area (Å²) in [7, 11) is 0. The molecule has 0 saturated carbocycles. The molecule has 2 nitrogen and oxygen atoms in total. The molecular formula is C18H19F4NO. The van der Waals surface area contributed by atoms with Crippen molar-refractivity contribution in [3.05, 3.63) is 71.0 Å². The van der Waals surface area contributed by atoms with Gasteiger partial charge in [0.25, 0.3) is 0 Å². The van der Waals surface area contributed by atoms with Gasteiger partial charge in [-0.2, -0.15) is 13.2 Å². The molecule has 1 unspecified atom stereocenters. The van der Waals surface area contributed by atoms with Crippen molar-refractivity contribution in [2.24, 2.45) is 0 Å². The molecule has 0 aliphatic carbocycles. The van der Waals surface area contributed by atoms with Gasteiger partial charge < -0.3 is 10.4 Å². The molecule has 0 bridgehead atoms. The van der Waals surface area contributed by atoms with Gasteiger partial charge in [-0.1, -0.05) is 36.4 Å². The Kier molecular flexibility index (Phi) is 6.34. The van der Waals surface area contributed by atoms with Crippen molar-refractivity contribution in [2.75, 3.05) is 6.61 Å². The second kappa shape index (κ2) is 8.26. The van der Waals surface area contributed by atoms with E-state index in [1.807, 2.05) is 30.3 Å². The van der Waals surface area contributed by atoms with E-state index in [9.17, 15) is 17.6 Å². The van der Waals surface area contributed by atoms with Crippen molar-refractivity contribution >= 4 is 0 Å². The largest absolute Gasteiger partial charge is 0.416 e. The minimum absolute atomic E-state index is 0.00571. The highest BCUT2D eigenvalue weighted by molar-refractivity contribution is 5.30. The summed E-state index contributed by atoms with van der Waals surface area (Å²) < 4.78 is 52.3. The lowest BCUT2D eigenvalue weighted by atomic mass is 10.0. The SMILES string of the molecule is OCCCC(NCc1ccc(F)cc1C(F)(F)F)c1ccccc1. The van der Waals surface area contributed by atoms with Gasteiger partial charge in [0.05, 0.1) is 5.56 Å². The molecule has 0 amide bonds. The van der Waals surface area contributed by atoms with Gasteiger partial charge in [-0.15, -0.1) is 0 Å². The van der Waals surface area contributed by atoms with Crippen molar-refractivity contribution in [2.45, 2.75) is 31.6 Å². The monoisotopic (exact) mass is 341 g/mol. The third-order valence-corrected chi connectivity index (χ3v) is 3.77. The van der Waals surface area contributed by atoms with Crippen molar-refractivity contribution in [3.8, 4) is 0 Å². The first-order chi connectivity index (χ1) is 11.4. The first kappa shape index (κ1) is 18.4. The highest BCUT2D eigenvalue weighted by atomic mass is 19.4. The maximum atomic E-state index is 13.2. The van der Waals surface area contributed by atoms with Crippen LogP contribution in [0.25, 0.3) is 0 Å². The maximum absolute atomic E-state index is 13.2. The van der Waals surface area contributed by atoms with Crippen LogP contribution in [0, 0.1) is 5.82 Å². The van der Waals surface area contributed by atoms with Gasteiger partial charge in [-0.05, 0) is 36.1 Å². The smallest absolute Gasteiger partial charge is 0.396 e. The lowest BCUT2D eigenvalue weighted by Gasteiger charge is -2.21. The summed E-state index contributed by atoms with van der Waals surface area (Å²) in [4.78, 5) is 0. The van der Waals surface area contributed by atoms with Crippen molar-refractivity contribution in [1.82, 2.24) is 5.32 Å². The molecule has 0 heterocycles. The summed E-state index contributed by atoms with van der Waals surface area (Å²) in [5, 5.41) is 12.1. The Labute approximate surface area is 138 Å². The molecular weight excluding hydrogens is 322 g/mol. The Balaban J connectivity index is 2.17. The van der Waals surface area contributed by atoms with Gasteiger partial charge in [-0.25, -0.2) is 4.39 Å². The number of hydrogen-bond donors (Lipinski definition) is 2. The van der Waals surface area contributed by atoms with E-state index in [-0.39, 0.29) is 24.8 Å². The quantitative estimate of drug-likeness (QED) is 0.730. The zero-order chi connectivity index (χ0) is 17.6. The van der Waals surface area contributed by atoms with Crippen molar-refractivity contribution in [3.63, 3.8) is 0 Å². The lowest BCUT2D eigenvalue weighted by molar-refractivity contribution is -0.138. The zero-order valence-electron chi connectivity index (χ0n) is 13.0. The summed E-state index contributed by atoms with van der Waals surface area (Å²) in [5.41, 5.74) is -0.0422. The number of rotatable bonds is 7. The van der Waals surface area contributed by atoms with Gasteiger partial charge in [0.2, 0.25) is 0 Å². The molecule has 6 heteroatoms. The number of aliphatic hydroxyl groups excluding tert-OH is 1. The van der Waals surface area contributed by atoms with Crippen molar-refractivity contribution in [1.29, 1.82) is 0 Å². The molecule has 2 aromatic rings. The summed E-state index contributed by atoms with van der Waals surface area (Å²) in [6.45, 7) is -0.0323. The predicted molar refractivity (Wildman–Crippen MR) is 83.7 cm³/mol. The van der Waals surface area contributed by atoms with E-state index in [1.54, 1.807) is 0 Å². The topological polar surface area (TPSA) is 32.3 Å². The first-order valence-corrected chi connectivity index (χ1v) is 7.66. The van der Waals surface area contributed by atoms with Gasteiger partial charge in [-0.3, -0.25) is 0 Å². The fourth-order valence-electron chi connectivity index (χ4n) is 2.57. The van der Waals surface area contributed by atoms with Crippen LogP contribution in [0.3, 0.4) is 0 Å². The average Bonchev–Trinajstić information content (AvgIpc) is 2.56. The van der Waals surface area contributed by atoms with Gasteiger partial charge in [0.15, 0.2) is 0 Å². The number of benzene rings is 2.